The summed E-state index contributed by atoms with van der Waals surface area (Å²) >= 11 is 0. The minimum absolute atomic E-state index is 0.0351. The molecular weight excluding hydrogens is 356 g/mol. The van der Waals surface area contributed by atoms with Gasteiger partial charge in [0, 0.05) is 30.6 Å². The molecule has 0 aliphatic heterocycles. The Hall–Kier alpha value is -2.97. The topological polar surface area (TPSA) is 96.7 Å². The Morgan fingerprint density at radius 2 is 1.69 bits per heavy atom. The predicted molar refractivity (Wildman–Crippen MR) is 97.7 cm³/mol. The lowest BCUT2D eigenvalue weighted by molar-refractivity contribution is 0.0697. The Bertz CT molecular complexity index is 1130. The molecular formula is C18H16N2O5S. The van der Waals surface area contributed by atoms with E-state index in [1.807, 2.05) is 0 Å². The number of carboxylic acids is 1. The van der Waals surface area contributed by atoms with Crippen molar-refractivity contribution in [1.82, 2.24) is 8.28 Å². The van der Waals surface area contributed by atoms with Crippen molar-refractivity contribution in [2.75, 3.05) is 14.1 Å². The lowest BCUT2D eigenvalue weighted by atomic mass is 10.0. The van der Waals surface area contributed by atoms with Gasteiger partial charge in [-0.05, 0) is 12.1 Å². The minimum Gasteiger partial charge on any atom is -0.478 e. The number of rotatable bonds is 5. The number of aromatic nitrogens is 1. The molecule has 8 heteroatoms. The van der Waals surface area contributed by atoms with Crippen molar-refractivity contribution in [2.45, 2.75) is 0 Å². The van der Waals surface area contributed by atoms with Crippen molar-refractivity contribution in [2.24, 2.45) is 0 Å². The van der Waals surface area contributed by atoms with E-state index in [2.05, 4.69) is 0 Å². The first kappa shape index (κ1) is 17.8. The molecule has 3 aromatic rings. The van der Waals surface area contributed by atoms with E-state index in [4.69, 9.17) is 0 Å². The van der Waals surface area contributed by atoms with E-state index in [1.54, 1.807) is 36.4 Å². The number of aromatic carboxylic acids is 1. The smallest absolute Gasteiger partial charge is 0.336 e. The van der Waals surface area contributed by atoms with Crippen LogP contribution in [-0.2, 0) is 10.2 Å². The molecule has 134 valence electrons. The quantitative estimate of drug-likeness (QED) is 0.694. The number of nitrogens with zero attached hydrogens (tertiary/aromatic N) is 2. The summed E-state index contributed by atoms with van der Waals surface area (Å²) in [7, 11) is -1.27. The van der Waals surface area contributed by atoms with E-state index in [9.17, 15) is 23.1 Å². The summed E-state index contributed by atoms with van der Waals surface area (Å²) < 4.78 is 28.0. The summed E-state index contributed by atoms with van der Waals surface area (Å²) in [6, 6.07) is 12.6. The van der Waals surface area contributed by atoms with E-state index >= 15 is 0 Å². The minimum atomic E-state index is -4.02. The summed E-state index contributed by atoms with van der Waals surface area (Å²) in [5.41, 5.74) is 0.531. The fourth-order valence-electron chi connectivity index (χ4n) is 2.89. The lowest BCUT2D eigenvalue weighted by Gasteiger charge is -2.17. The van der Waals surface area contributed by atoms with Crippen molar-refractivity contribution < 1.29 is 23.1 Å². The lowest BCUT2D eigenvalue weighted by Crippen LogP contribution is -2.29. The van der Waals surface area contributed by atoms with Gasteiger partial charge in [0.05, 0.1) is 16.8 Å². The summed E-state index contributed by atoms with van der Waals surface area (Å²) in [5, 5.41) is 9.94. The number of hydrogen-bond donors (Lipinski definition) is 1. The second-order valence-electron chi connectivity index (χ2n) is 5.80. The second kappa shape index (κ2) is 6.40. The third-order valence-corrected chi connectivity index (χ3v) is 5.86. The molecule has 0 aliphatic rings. The van der Waals surface area contributed by atoms with Crippen molar-refractivity contribution in [1.29, 1.82) is 0 Å². The van der Waals surface area contributed by atoms with Gasteiger partial charge in [0.1, 0.15) is 0 Å². The van der Waals surface area contributed by atoms with Gasteiger partial charge in [-0.1, -0.05) is 36.4 Å². The number of benzene rings is 2. The van der Waals surface area contributed by atoms with Gasteiger partial charge < -0.3 is 5.11 Å². The zero-order chi connectivity index (χ0) is 19.1. The first-order valence-electron chi connectivity index (χ1n) is 7.65. The van der Waals surface area contributed by atoms with Gasteiger partial charge in [-0.3, -0.25) is 4.79 Å². The molecule has 1 N–H and O–H groups in total. The molecule has 26 heavy (non-hydrogen) atoms. The molecule has 0 saturated carbocycles. The van der Waals surface area contributed by atoms with E-state index in [1.165, 1.54) is 26.2 Å². The SMILES string of the molecule is CN(C)S(=O)(=O)n1c(-c2ccccc2C(=O)O)c(C=O)c2ccccc21. The standard InChI is InChI=1S/C18H16N2O5S/c1-19(2)26(24,25)20-16-10-6-5-7-12(16)15(11-21)17(20)13-8-3-4-9-14(13)18(22)23/h3-11H,1-2H3,(H,22,23). The Labute approximate surface area is 150 Å². The van der Waals surface area contributed by atoms with E-state index in [-0.39, 0.29) is 22.4 Å². The molecule has 1 aromatic heterocycles. The van der Waals surface area contributed by atoms with E-state index in [0.717, 1.165) is 8.28 Å². The van der Waals surface area contributed by atoms with Crippen LogP contribution in [0.3, 0.4) is 0 Å². The number of hydrogen-bond acceptors (Lipinski definition) is 4. The van der Waals surface area contributed by atoms with Gasteiger partial charge in [-0.25, -0.2) is 8.77 Å². The van der Waals surface area contributed by atoms with Gasteiger partial charge in [-0.2, -0.15) is 12.7 Å². The Morgan fingerprint density at radius 3 is 2.31 bits per heavy atom. The van der Waals surface area contributed by atoms with Crippen molar-refractivity contribution in [3.63, 3.8) is 0 Å². The van der Waals surface area contributed by atoms with Crippen LogP contribution in [-0.4, -0.2) is 48.2 Å². The number of carbonyl (C=O) groups is 2. The Morgan fingerprint density at radius 1 is 1.08 bits per heavy atom. The highest BCUT2D eigenvalue weighted by molar-refractivity contribution is 7.87. The molecule has 0 atom stereocenters. The van der Waals surface area contributed by atoms with Crippen LogP contribution in [0.1, 0.15) is 20.7 Å². The average Bonchev–Trinajstić information content (AvgIpc) is 2.96. The molecule has 1 heterocycles. The molecule has 0 bridgehead atoms. The Kier molecular flexibility index (Phi) is 4.39. The summed E-state index contributed by atoms with van der Waals surface area (Å²) in [5.74, 6) is -1.21. The van der Waals surface area contributed by atoms with Gasteiger partial charge in [0.2, 0.25) is 0 Å². The zero-order valence-electron chi connectivity index (χ0n) is 14.1. The van der Waals surface area contributed by atoms with Crippen LogP contribution in [0.25, 0.3) is 22.2 Å². The highest BCUT2D eigenvalue weighted by Crippen LogP contribution is 2.36. The van der Waals surface area contributed by atoms with Gasteiger partial charge in [-0.15, -0.1) is 0 Å². The maximum absolute atomic E-state index is 13.0. The first-order valence-corrected chi connectivity index (χ1v) is 9.04. The van der Waals surface area contributed by atoms with E-state index < -0.39 is 16.2 Å². The molecule has 0 spiro atoms. The molecule has 0 amide bonds. The molecule has 3 rings (SSSR count). The average molecular weight is 372 g/mol. The highest BCUT2D eigenvalue weighted by atomic mass is 32.2. The van der Waals surface area contributed by atoms with Crippen LogP contribution < -0.4 is 0 Å². The number of carbonyl (C=O) groups excluding carboxylic acids is 1. The van der Waals surface area contributed by atoms with Crippen LogP contribution in [0.4, 0.5) is 0 Å². The molecule has 0 aliphatic carbocycles. The second-order valence-corrected chi connectivity index (χ2v) is 7.79. The summed E-state index contributed by atoms with van der Waals surface area (Å²) in [6.45, 7) is 0. The fraction of sp³-hybridized carbons (Fsp3) is 0.111. The van der Waals surface area contributed by atoms with Crippen LogP contribution >= 0.6 is 0 Å². The van der Waals surface area contributed by atoms with E-state index in [0.29, 0.717) is 17.2 Å². The summed E-state index contributed by atoms with van der Waals surface area (Å²) in [6.07, 6.45) is 0.554. The largest absolute Gasteiger partial charge is 0.478 e. The third kappa shape index (κ3) is 2.59. The number of fused-ring (bicyclic) bond motifs is 1. The van der Waals surface area contributed by atoms with Crippen molar-refractivity contribution >= 4 is 33.4 Å². The molecule has 7 nitrogen and oxygen atoms in total. The molecule has 2 aromatic carbocycles. The predicted octanol–water partition coefficient (Wildman–Crippen LogP) is 2.47. The number of aldehydes is 1. The Balaban J connectivity index is 2.58. The van der Waals surface area contributed by atoms with Crippen molar-refractivity contribution in [3.05, 3.63) is 59.7 Å². The van der Waals surface area contributed by atoms with Crippen molar-refractivity contribution in [3.8, 4) is 11.3 Å². The monoisotopic (exact) mass is 372 g/mol. The fourth-order valence-corrected chi connectivity index (χ4v) is 4.05. The number of para-hydroxylation sites is 1. The van der Waals surface area contributed by atoms with Crippen LogP contribution in [0.5, 0.6) is 0 Å². The normalized spacial score (nSPS) is 11.8. The molecule has 0 radical (unpaired) electrons. The van der Waals surface area contributed by atoms with Gasteiger partial charge in [0.15, 0.2) is 6.29 Å². The maximum atomic E-state index is 13.0. The molecule has 0 saturated heterocycles. The van der Waals surface area contributed by atoms with Gasteiger partial charge >= 0.3 is 16.2 Å². The summed E-state index contributed by atoms with van der Waals surface area (Å²) in [4.78, 5) is 23.5. The first-order chi connectivity index (χ1) is 12.3. The molecule has 0 unspecified atom stereocenters. The van der Waals surface area contributed by atoms with Crippen LogP contribution in [0.2, 0.25) is 0 Å². The van der Waals surface area contributed by atoms with Gasteiger partial charge in [0.25, 0.3) is 0 Å². The number of carboxylic acid groups (broad SMARTS) is 1. The molecule has 0 fully saturated rings. The zero-order valence-corrected chi connectivity index (χ0v) is 14.9. The van der Waals surface area contributed by atoms with Crippen LogP contribution in [0.15, 0.2) is 48.5 Å². The maximum Gasteiger partial charge on any atom is 0.336 e. The third-order valence-electron chi connectivity index (χ3n) is 4.09. The highest BCUT2D eigenvalue weighted by Gasteiger charge is 2.29. The van der Waals surface area contributed by atoms with Crippen LogP contribution in [0, 0.1) is 0 Å².